The van der Waals surface area contributed by atoms with Crippen LogP contribution in [-0.2, 0) is 14.8 Å². The van der Waals surface area contributed by atoms with Gasteiger partial charge in [0.2, 0.25) is 0 Å². The second kappa shape index (κ2) is 5.43. The SMILES string of the molecule is O=C(O)C1CC2CCC1N2S(=O)(=O)c1c(Cl)cccc1[N+](=O)[O-]. The third-order valence-electron chi connectivity index (χ3n) is 4.47. The predicted molar refractivity (Wildman–Crippen MR) is 79.7 cm³/mol. The topological polar surface area (TPSA) is 118 Å². The van der Waals surface area contributed by atoms with E-state index in [4.69, 9.17) is 11.6 Å². The summed E-state index contributed by atoms with van der Waals surface area (Å²) in [5, 5.41) is 20.1. The Morgan fingerprint density at radius 2 is 2.09 bits per heavy atom. The first-order chi connectivity index (χ1) is 10.7. The number of hydrogen-bond acceptors (Lipinski definition) is 5. The molecule has 8 nitrogen and oxygen atoms in total. The van der Waals surface area contributed by atoms with Gasteiger partial charge in [-0.15, -0.1) is 0 Å². The van der Waals surface area contributed by atoms with E-state index in [1.54, 1.807) is 0 Å². The summed E-state index contributed by atoms with van der Waals surface area (Å²) in [4.78, 5) is 21.1. The number of nitro benzene ring substituents is 1. The highest BCUT2D eigenvalue weighted by atomic mass is 35.5. The Morgan fingerprint density at radius 3 is 2.65 bits per heavy atom. The van der Waals surface area contributed by atoms with E-state index in [0.29, 0.717) is 12.8 Å². The molecule has 2 heterocycles. The van der Waals surface area contributed by atoms with Crippen LogP contribution >= 0.6 is 11.6 Å². The van der Waals surface area contributed by atoms with Crippen molar-refractivity contribution in [3.8, 4) is 0 Å². The van der Waals surface area contributed by atoms with Crippen molar-refractivity contribution >= 4 is 33.3 Å². The average Bonchev–Trinajstić information content (AvgIpc) is 3.05. The maximum atomic E-state index is 13.0. The normalized spacial score (nSPS) is 27.3. The molecule has 2 aliphatic rings. The molecule has 2 saturated heterocycles. The van der Waals surface area contributed by atoms with Crippen molar-refractivity contribution in [1.29, 1.82) is 0 Å². The van der Waals surface area contributed by atoms with Gasteiger partial charge in [-0.2, -0.15) is 4.31 Å². The zero-order chi connectivity index (χ0) is 16.9. The van der Waals surface area contributed by atoms with E-state index < -0.39 is 49.5 Å². The van der Waals surface area contributed by atoms with Gasteiger partial charge in [0.05, 0.1) is 15.9 Å². The Labute approximate surface area is 136 Å². The summed E-state index contributed by atoms with van der Waals surface area (Å²) >= 11 is 5.92. The van der Waals surface area contributed by atoms with Gasteiger partial charge < -0.3 is 5.11 Å². The highest BCUT2D eigenvalue weighted by molar-refractivity contribution is 7.89. The molecular formula is C13H13ClN2O6S. The summed E-state index contributed by atoms with van der Waals surface area (Å²) in [5.41, 5.74) is -0.601. The lowest BCUT2D eigenvalue weighted by Gasteiger charge is -2.22. The lowest BCUT2D eigenvalue weighted by atomic mass is 9.89. The van der Waals surface area contributed by atoms with Gasteiger partial charge in [0, 0.05) is 18.2 Å². The van der Waals surface area contributed by atoms with Crippen LogP contribution in [0.15, 0.2) is 23.1 Å². The second-order valence-electron chi connectivity index (χ2n) is 5.66. The molecule has 0 spiro atoms. The standard InChI is InChI=1S/C13H13ClN2O6S/c14-9-2-1-3-11(16(19)20)12(9)23(21,22)15-7-4-5-10(15)8(6-7)13(17)18/h1-3,7-8,10H,4-6H2,(H,17,18). The highest BCUT2D eigenvalue weighted by Gasteiger charge is 2.55. The van der Waals surface area contributed by atoms with Crippen LogP contribution in [0.2, 0.25) is 5.02 Å². The van der Waals surface area contributed by atoms with Gasteiger partial charge in [-0.3, -0.25) is 14.9 Å². The van der Waals surface area contributed by atoms with Crippen LogP contribution in [0.1, 0.15) is 19.3 Å². The molecule has 0 aliphatic carbocycles. The third kappa shape index (κ3) is 2.39. The summed E-state index contributed by atoms with van der Waals surface area (Å²) in [6, 6.07) is 2.51. The quantitative estimate of drug-likeness (QED) is 0.646. The van der Waals surface area contributed by atoms with E-state index in [1.807, 2.05) is 0 Å². The monoisotopic (exact) mass is 360 g/mol. The lowest BCUT2D eigenvalue weighted by Crippen LogP contribution is -2.38. The van der Waals surface area contributed by atoms with Crippen LogP contribution in [0, 0.1) is 16.0 Å². The van der Waals surface area contributed by atoms with Gasteiger partial charge >= 0.3 is 5.97 Å². The second-order valence-corrected chi connectivity index (χ2v) is 7.85. The fourth-order valence-electron chi connectivity index (χ4n) is 3.58. The molecule has 2 fully saturated rings. The largest absolute Gasteiger partial charge is 0.481 e. The van der Waals surface area contributed by atoms with Gasteiger partial charge in [0.1, 0.15) is 0 Å². The maximum absolute atomic E-state index is 13.0. The van der Waals surface area contributed by atoms with Gasteiger partial charge in [-0.05, 0) is 25.3 Å². The minimum atomic E-state index is -4.25. The molecule has 0 amide bonds. The first kappa shape index (κ1) is 16.2. The first-order valence-electron chi connectivity index (χ1n) is 6.94. The zero-order valence-corrected chi connectivity index (χ0v) is 13.3. The van der Waals surface area contributed by atoms with Crippen LogP contribution in [0.4, 0.5) is 5.69 Å². The highest BCUT2D eigenvalue weighted by Crippen LogP contribution is 2.47. The molecule has 10 heteroatoms. The van der Waals surface area contributed by atoms with E-state index in [2.05, 4.69) is 0 Å². The fourth-order valence-corrected chi connectivity index (χ4v) is 6.17. The minimum Gasteiger partial charge on any atom is -0.481 e. The number of hydrogen-bond donors (Lipinski definition) is 1. The van der Waals surface area contributed by atoms with Gasteiger partial charge in [0.25, 0.3) is 15.7 Å². The molecule has 1 aromatic carbocycles. The molecule has 3 unspecified atom stereocenters. The lowest BCUT2D eigenvalue weighted by molar-refractivity contribution is -0.387. The van der Waals surface area contributed by atoms with E-state index >= 15 is 0 Å². The molecular weight excluding hydrogens is 348 g/mol. The van der Waals surface area contributed by atoms with Crippen LogP contribution in [0.5, 0.6) is 0 Å². The van der Waals surface area contributed by atoms with E-state index in [9.17, 15) is 28.4 Å². The van der Waals surface area contributed by atoms with Crippen LogP contribution < -0.4 is 0 Å². The van der Waals surface area contributed by atoms with Crippen LogP contribution in [-0.4, -0.2) is 40.8 Å². The Morgan fingerprint density at radius 1 is 1.39 bits per heavy atom. The zero-order valence-electron chi connectivity index (χ0n) is 11.8. The molecule has 1 N–H and O–H groups in total. The number of nitrogens with zero attached hydrogens (tertiary/aromatic N) is 2. The van der Waals surface area contributed by atoms with Crippen molar-refractivity contribution in [3.05, 3.63) is 33.3 Å². The molecule has 0 saturated carbocycles. The number of benzene rings is 1. The van der Waals surface area contributed by atoms with Gasteiger partial charge in [0.15, 0.2) is 4.90 Å². The summed E-state index contributed by atoms with van der Waals surface area (Å²) in [6.45, 7) is 0. The molecule has 124 valence electrons. The Balaban J connectivity index is 2.11. The molecule has 2 bridgehead atoms. The number of fused-ring (bicyclic) bond motifs is 2. The number of rotatable bonds is 4. The van der Waals surface area contributed by atoms with E-state index in [-0.39, 0.29) is 11.4 Å². The summed E-state index contributed by atoms with van der Waals surface area (Å²) in [7, 11) is -4.25. The van der Waals surface area contributed by atoms with Crippen molar-refractivity contribution in [1.82, 2.24) is 4.31 Å². The first-order valence-corrected chi connectivity index (χ1v) is 8.76. The third-order valence-corrected chi connectivity index (χ3v) is 6.96. The number of carbonyl (C=O) groups is 1. The molecule has 23 heavy (non-hydrogen) atoms. The van der Waals surface area contributed by atoms with Crippen molar-refractivity contribution in [2.75, 3.05) is 0 Å². The summed E-state index contributed by atoms with van der Waals surface area (Å²) in [5.74, 6) is -1.84. The Hall–Kier alpha value is -1.71. The molecule has 2 aliphatic heterocycles. The maximum Gasteiger partial charge on any atom is 0.308 e. The molecule has 0 radical (unpaired) electrons. The van der Waals surface area contributed by atoms with Gasteiger partial charge in [-0.25, -0.2) is 8.42 Å². The van der Waals surface area contributed by atoms with Crippen molar-refractivity contribution in [2.45, 2.75) is 36.2 Å². The number of aliphatic carboxylic acids is 1. The minimum absolute atomic E-state index is 0.220. The number of carboxylic acid groups (broad SMARTS) is 1. The number of nitro groups is 1. The molecule has 0 aromatic heterocycles. The Bertz CT molecular complexity index is 796. The average molecular weight is 361 g/mol. The Kier molecular flexibility index (Phi) is 3.81. The molecule has 3 rings (SSSR count). The predicted octanol–water partition coefficient (Wildman–Crippen LogP) is 1.87. The van der Waals surface area contributed by atoms with Crippen LogP contribution in [0.3, 0.4) is 0 Å². The van der Waals surface area contributed by atoms with E-state index in [1.165, 1.54) is 12.1 Å². The smallest absolute Gasteiger partial charge is 0.308 e. The van der Waals surface area contributed by atoms with Gasteiger partial charge in [-0.1, -0.05) is 17.7 Å². The van der Waals surface area contributed by atoms with E-state index in [0.717, 1.165) is 10.4 Å². The number of sulfonamides is 1. The number of halogens is 1. The summed E-state index contributed by atoms with van der Waals surface area (Å²) < 4.78 is 27.0. The molecule has 3 atom stereocenters. The molecule has 1 aromatic rings. The van der Waals surface area contributed by atoms with Crippen molar-refractivity contribution < 1.29 is 23.2 Å². The van der Waals surface area contributed by atoms with Crippen molar-refractivity contribution in [2.24, 2.45) is 5.92 Å². The fraction of sp³-hybridized carbons (Fsp3) is 0.462. The van der Waals surface area contributed by atoms with Crippen LogP contribution in [0.25, 0.3) is 0 Å². The van der Waals surface area contributed by atoms with Crippen molar-refractivity contribution in [3.63, 3.8) is 0 Å². The summed E-state index contributed by atoms with van der Waals surface area (Å²) in [6.07, 6.45) is 1.20. The number of carboxylic acids is 1.